The van der Waals surface area contributed by atoms with Crippen LogP contribution >= 0.6 is 0 Å². The minimum atomic E-state index is -1.03. The largest absolute Gasteiger partial charge is 0.478 e. The molecule has 0 spiro atoms. The Kier molecular flexibility index (Phi) is 4.65. The van der Waals surface area contributed by atoms with E-state index in [0.717, 1.165) is 0 Å². The molecule has 0 saturated carbocycles. The fourth-order valence-electron chi connectivity index (χ4n) is 1.23. The number of aromatic nitrogens is 2. The normalized spacial score (nSPS) is 12.1. The predicted molar refractivity (Wildman–Crippen MR) is 58.3 cm³/mol. The standard InChI is InChI=1S/C10H15N3O3/c1-7(3-5-14)6-11-9-8(10(15)16)2-4-12-13-9/h2,4,7,14H,3,5-6H2,1H3,(H,11,13)(H,15,16). The van der Waals surface area contributed by atoms with Gasteiger partial charge in [-0.25, -0.2) is 4.79 Å². The Labute approximate surface area is 93.3 Å². The summed E-state index contributed by atoms with van der Waals surface area (Å²) in [6, 6.07) is 1.40. The molecule has 88 valence electrons. The van der Waals surface area contributed by atoms with E-state index in [1.807, 2.05) is 6.92 Å². The fourth-order valence-corrected chi connectivity index (χ4v) is 1.23. The van der Waals surface area contributed by atoms with Crippen molar-refractivity contribution in [3.05, 3.63) is 17.8 Å². The molecule has 6 heteroatoms. The molecule has 1 aromatic rings. The zero-order chi connectivity index (χ0) is 12.0. The number of rotatable bonds is 6. The molecule has 1 atom stereocenters. The Morgan fingerprint density at radius 3 is 3.00 bits per heavy atom. The van der Waals surface area contributed by atoms with E-state index in [1.54, 1.807) is 0 Å². The predicted octanol–water partition coefficient (Wildman–Crippen LogP) is 0.605. The highest BCUT2D eigenvalue weighted by Gasteiger charge is 2.11. The van der Waals surface area contributed by atoms with Crippen LogP contribution in [0.4, 0.5) is 5.82 Å². The van der Waals surface area contributed by atoms with Crippen LogP contribution in [-0.4, -0.2) is 39.5 Å². The SMILES string of the molecule is CC(CCO)CNc1nnccc1C(=O)O. The fraction of sp³-hybridized carbons (Fsp3) is 0.500. The van der Waals surface area contributed by atoms with Gasteiger partial charge >= 0.3 is 5.97 Å². The molecule has 16 heavy (non-hydrogen) atoms. The second-order valence-electron chi connectivity index (χ2n) is 3.60. The van der Waals surface area contributed by atoms with Crippen LogP contribution in [0.25, 0.3) is 0 Å². The van der Waals surface area contributed by atoms with Crippen LogP contribution in [-0.2, 0) is 0 Å². The van der Waals surface area contributed by atoms with Crippen LogP contribution < -0.4 is 5.32 Å². The lowest BCUT2D eigenvalue weighted by atomic mass is 10.1. The van der Waals surface area contributed by atoms with Gasteiger partial charge in [0, 0.05) is 13.2 Å². The Morgan fingerprint density at radius 2 is 2.38 bits per heavy atom. The number of carbonyl (C=O) groups is 1. The van der Waals surface area contributed by atoms with Crippen molar-refractivity contribution in [2.45, 2.75) is 13.3 Å². The van der Waals surface area contributed by atoms with Gasteiger partial charge in [0.15, 0.2) is 5.82 Å². The molecule has 1 heterocycles. The zero-order valence-electron chi connectivity index (χ0n) is 9.05. The van der Waals surface area contributed by atoms with Crippen molar-refractivity contribution >= 4 is 11.8 Å². The first-order chi connectivity index (χ1) is 7.65. The molecule has 1 rings (SSSR count). The molecule has 0 fully saturated rings. The molecule has 0 saturated heterocycles. The number of carboxylic acid groups (broad SMARTS) is 1. The molecule has 1 aromatic heterocycles. The molecule has 0 aliphatic rings. The van der Waals surface area contributed by atoms with Crippen molar-refractivity contribution in [3.8, 4) is 0 Å². The summed E-state index contributed by atoms with van der Waals surface area (Å²) in [5.74, 6) is -0.527. The van der Waals surface area contributed by atoms with Crippen LogP contribution in [0.1, 0.15) is 23.7 Å². The number of carboxylic acids is 1. The first kappa shape index (κ1) is 12.4. The first-order valence-corrected chi connectivity index (χ1v) is 5.05. The summed E-state index contributed by atoms with van der Waals surface area (Å²) in [5.41, 5.74) is 0.103. The highest BCUT2D eigenvalue weighted by atomic mass is 16.4. The van der Waals surface area contributed by atoms with E-state index in [4.69, 9.17) is 10.2 Å². The molecule has 0 aliphatic carbocycles. The molecule has 0 radical (unpaired) electrons. The van der Waals surface area contributed by atoms with Gasteiger partial charge in [0.05, 0.1) is 6.20 Å². The van der Waals surface area contributed by atoms with Gasteiger partial charge < -0.3 is 15.5 Å². The van der Waals surface area contributed by atoms with Crippen molar-refractivity contribution < 1.29 is 15.0 Å². The third-order valence-corrected chi connectivity index (χ3v) is 2.19. The van der Waals surface area contributed by atoms with Crippen molar-refractivity contribution in [1.29, 1.82) is 0 Å². The van der Waals surface area contributed by atoms with E-state index >= 15 is 0 Å². The second-order valence-corrected chi connectivity index (χ2v) is 3.60. The minimum absolute atomic E-state index is 0.103. The van der Waals surface area contributed by atoms with Gasteiger partial charge in [0.2, 0.25) is 0 Å². The number of nitrogens with zero attached hydrogens (tertiary/aromatic N) is 2. The summed E-state index contributed by atoms with van der Waals surface area (Å²) in [4.78, 5) is 10.8. The highest BCUT2D eigenvalue weighted by Crippen LogP contribution is 2.11. The molecular weight excluding hydrogens is 210 g/mol. The van der Waals surface area contributed by atoms with Crippen LogP contribution in [0.15, 0.2) is 12.3 Å². The van der Waals surface area contributed by atoms with E-state index < -0.39 is 5.97 Å². The van der Waals surface area contributed by atoms with Gasteiger partial charge in [-0.1, -0.05) is 6.92 Å². The minimum Gasteiger partial charge on any atom is -0.478 e. The number of nitrogens with one attached hydrogen (secondary N) is 1. The number of aliphatic hydroxyl groups excluding tert-OH is 1. The van der Waals surface area contributed by atoms with Crippen LogP contribution in [0.3, 0.4) is 0 Å². The lowest BCUT2D eigenvalue weighted by molar-refractivity contribution is 0.0697. The lowest BCUT2D eigenvalue weighted by Gasteiger charge is -2.12. The quantitative estimate of drug-likeness (QED) is 0.656. The number of anilines is 1. The summed E-state index contributed by atoms with van der Waals surface area (Å²) in [7, 11) is 0. The van der Waals surface area contributed by atoms with Crippen molar-refractivity contribution in [1.82, 2.24) is 10.2 Å². The van der Waals surface area contributed by atoms with Gasteiger partial charge in [-0.3, -0.25) is 0 Å². The Morgan fingerprint density at radius 1 is 1.62 bits per heavy atom. The molecule has 0 bridgehead atoms. The van der Waals surface area contributed by atoms with E-state index in [0.29, 0.717) is 13.0 Å². The highest BCUT2D eigenvalue weighted by molar-refractivity contribution is 5.92. The molecule has 1 unspecified atom stereocenters. The monoisotopic (exact) mass is 225 g/mol. The van der Waals surface area contributed by atoms with Crippen molar-refractivity contribution in [2.24, 2.45) is 5.92 Å². The van der Waals surface area contributed by atoms with Gasteiger partial charge in [-0.2, -0.15) is 5.10 Å². The zero-order valence-corrected chi connectivity index (χ0v) is 9.05. The summed E-state index contributed by atoms with van der Waals surface area (Å²) in [6.45, 7) is 2.63. The Hall–Kier alpha value is -1.69. The number of aromatic carboxylic acids is 1. The van der Waals surface area contributed by atoms with E-state index in [1.165, 1.54) is 12.3 Å². The molecule has 3 N–H and O–H groups in total. The van der Waals surface area contributed by atoms with E-state index in [-0.39, 0.29) is 23.9 Å². The van der Waals surface area contributed by atoms with Crippen LogP contribution in [0, 0.1) is 5.92 Å². The smallest absolute Gasteiger partial charge is 0.339 e. The third-order valence-electron chi connectivity index (χ3n) is 2.19. The lowest BCUT2D eigenvalue weighted by Crippen LogP contribution is -2.16. The second kappa shape index (κ2) is 6.02. The van der Waals surface area contributed by atoms with Gasteiger partial charge in [-0.05, 0) is 18.4 Å². The van der Waals surface area contributed by atoms with E-state index in [2.05, 4.69) is 15.5 Å². The molecule has 0 aromatic carbocycles. The van der Waals surface area contributed by atoms with Gasteiger partial charge in [-0.15, -0.1) is 5.10 Å². The van der Waals surface area contributed by atoms with Crippen molar-refractivity contribution in [3.63, 3.8) is 0 Å². The molecular formula is C10H15N3O3. The van der Waals surface area contributed by atoms with Gasteiger partial charge in [0.25, 0.3) is 0 Å². The summed E-state index contributed by atoms with van der Waals surface area (Å²) in [5, 5.41) is 27.9. The average Bonchev–Trinajstić information content (AvgIpc) is 2.27. The maximum atomic E-state index is 10.8. The molecule has 6 nitrogen and oxygen atoms in total. The summed E-state index contributed by atoms with van der Waals surface area (Å²) < 4.78 is 0. The number of hydrogen-bond donors (Lipinski definition) is 3. The topological polar surface area (TPSA) is 95.3 Å². The third kappa shape index (κ3) is 3.47. The Balaban J connectivity index is 2.63. The Bertz CT molecular complexity index is 357. The van der Waals surface area contributed by atoms with Crippen LogP contribution in [0.2, 0.25) is 0 Å². The summed E-state index contributed by atoms with van der Waals surface area (Å²) >= 11 is 0. The van der Waals surface area contributed by atoms with E-state index in [9.17, 15) is 4.79 Å². The van der Waals surface area contributed by atoms with Gasteiger partial charge in [0.1, 0.15) is 5.56 Å². The first-order valence-electron chi connectivity index (χ1n) is 5.05. The maximum Gasteiger partial charge on any atom is 0.339 e. The molecule has 0 aliphatic heterocycles. The van der Waals surface area contributed by atoms with Crippen LogP contribution in [0.5, 0.6) is 0 Å². The average molecular weight is 225 g/mol. The summed E-state index contributed by atoms with van der Waals surface area (Å²) in [6.07, 6.45) is 2.00. The number of hydrogen-bond acceptors (Lipinski definition) is 5. The van der Waals surface area contributed by atoms with Crippen molar-refractivity contribution in [2.75, 3.05) is 18.5 Å². The maximum absolute atomic E-state index is 10.8. The molecule has 0 amide bonds. The number of aliphatic hydroxyl groups is 1.